The summed E-state index contributed by atoms with van der Waals surface area (Å²) in [6, 6.07) is 5.44. The number of nitrogens with one attached hydrogen (secondary N) is 2. The highest BCUT2D eigenvalue weighted by Gasteiger charge is 2.28. The number of sulfonamides is 1. The summed E-state index contributed by atoms with van der Waals surface area (Å²) in [6.07, 6.45) is 0. The first kappa shape index (κ1) is 14.8. The average Bonchev–Trinajstić information content (AvgIpc) is 2.24. The fourth-order valence-electron chi connectivity index (χ4n) is 1.95. The van der Waals surface area contributed by atoms with E-state index in [9.17, 15) is 8.42 Å². The molecule has 0 amide bonds. The predicted octanol–water partition coefficient (Wildman–Crippen LogP) is 2.67. The van der Waals surface area contributed by atoms with Crippen LogP contribution in [0.2, 0.25) is 0 Å². The van der Waals surface area contributed by atoms with Crippen molar-refractivity contribution in [2.45, 2.75) is 51.0 Å². The molecule has 0 fully saturated rings. The van der Waals surface area contributed by atoms with Gasteiger partial charge in [-0.3, -0.25) is 0 Å². The van der Waals surface area contributed by atoms with Gasteiger partial charge in [0, 0.05) is 0 Å². The van der Waals surface area contributed by atoms with E-state index in [1.165, 1.54) is 0 Å². The first-order valence-electron chi connectivity index (χ1n) is 6.62. The molecule has 0 saturated heterocycles. The topological polar surface area (TPSA) is 70.6 Å². The third-order valence-corrected chi connectivity index (χ3v) is 4.27. The highest BCUT2D eigenvalue weighted by Crippen LogP contribution is 2.28. The fourth-order valence-corrected chi connectivity index (χ4v) is 3.11. The van der Waals surface area contributed by atoms with E-state index < -0.39 is 10.0 Å². The molecule has 0 bridgehead atoms. The normalized spacial score (nSPS) is 19.4. The van der Waals surface area contributed by atoms with Crippen molar-refractivity contribution in [1.82, 2.24) is 4.72 Å². The van der Waals surface area contributed by atoms with Crippen molar-refractivity contribution in [2.75, 3.05) is 5.32 Å². The molecule has 0 saturated carbocycles. The molecule has 110 valence electrons. The Balaban J connectivity index is 2.50. The number of rotatable bonds is 1. The van der Waals surface area contributed by atoms with Gasteiger partial charge in [0.15, 0.2) is 0 Å². The Hall–Kier alpha value is -1.56. The Bertz CT molecular complexity index is 655. The quantitative estimate of drug-likeness (QED) is 0.836. The van der Waals surface area contributed by atoms with Crippen LogP contribution in [0.25, 0.3) is 0 Å². The van der Waals surface area contributed by atoms with Gasteiger partial charge in [-0.1, -0.05) is 19.9 Å². The predicted molar refractivity (Wildman–Crippen MR) is 81.7 cm³/mol. The van der Waals surface area contributed by atoms with Gasteiger partial charge in [-0.2, -0.15) is 0 Å². The molecule has 1 heterocycles. The number of fused-ring (bicyclic) bond motifs is 1. The van der Waals surface area contributed by atoms with E-state index in [4.69, 9.17) is 0 Å². The first-order chi connectivity index (χ1) is 9.08. The molecule has 20 heavy (non-hydrogen) atoms. The van der Waals surface area contributed by atoms with Crippen molar-refractivity contribution in [3.63, 3.8) is 0 Å². The van der Waals surface area contributed by atoms with Gasteiger partial charge in [0.25, 0.3) is 10.0 Å². The summed E-state index contributed by atoms with van der Waals surface area (Å²) in [5.41, 5.74) is 1.20. The summed E-state index contributed by atoms with van der Waals surface area (Å²) in [7, 11) is -3.56. The molecule has 1 aromatic carbocycles. The maximum atomic E-state index is 12.3. The van der Waals surface area contributed by atoms with Crippen molar-refractivity contribution in [2.24, 2.45) is 4.99 Å². The van der Waals surface area contributed by atoms with Crippen LogP contribution < -0.4 is 10.0 Å². The molecular weight excluding hydrogens is 274 g/mol. The molecule has 2 N–H and O–H groups in total. The van der Waals surface area contributed by atoms with Gasteiger partial charge in [0.05, 0.1) is 11.2 Å². The summed E-state index contributed by atoms with van der Waals surface area (Å²) in [5, 5.41) is 3.03. The molecule has 0 radical (unpaired) electrons. The lowest BCUT2D eigenvalue weighted by molar-refractivity contribution is 0.576. The van der Waals surface area contributed by atoms with Crippen LogP contribution in [0.5, 0.6) is 0 Å². The summed E-state index contributed by atoms with van der Waals surface area (Å²) in [6.45, 7) is 9.79. The summed E-state index contributed by atoms with van der Waals surface area (Å²) >= 11 is 0. The van der Waals surface area contributed by atoms with Crippen LogP contribution in [0.15, 0.2) is 28.1 Å². The largest absolute Gasteiger partial charge is 0.324 e. The van der Waals surface area contributed by atoms with Gasteiger partial charge >= 0.3 is 0 Å². The molecule has 0 aliphatic carbocycles. The van der Waals surface area contributed by atoms with Crippen LogP contribution in [0.3, 0.4) is 0 Å². The molecule has 0 aromatic heterocycles. The SMILES string of the molecule is CC(C)c1ccc2c(c1)S(=O)(=O)NC(=NC(C)(C)C)N2. The molecule has 2 rings (SSSR count). The van der Waals surface area contributed by atoms with E-state index in [2.05, 4.69) is 15.0 Å². The van der Waals surface area contributed by atoms with Crippen molar-refractivity contribution in [3.05, 3.63) is 23.8 Å². The zero-order valence-corrected chi connectivity index (χ0v) is 13.3. The Morgan fingerprint density at radius 2 is 1.85 bits per heavy atom. The maximum Gasteiger partial charge on any atom is 0.266 e. The Kier molecular flexibility index (Phi) is 3.54. The number of nitrogens with zero attached hydrogens (tertiary/aromatic N) is 1. The molecule has 6 heteroatoms. The van der Waals surface area contributed by atoms with E-state index >= 15 is 0 Å². The monoisotopic (exact) mass is 295 g/mol. The number of aliphatic imine (C=N–C) groups is 1. The summed E-state index contributed by atoms with van der Waals surface area (Å²) in [4.78, 5) is 4.61. The van der Waals surface area contributed by atoms with Crippen LogP contribution >= 0.6 is 0 Å². The average molecular weight is 295 g/mol. The lowest BCUT2D eigenvalue weighted by Crippen LogP contribution is -2.42. The third-order valence-electron chi connectivity index (χ3n) is 2.89. The lowest BCUT2D eigenvalue weighted by atomic mass is 10.0. The molecule has 0 atom stereocenters. The maximum absolute atomic E-state index is 12.3. The third kappa shape index (κ3) is 3.12. The van der Waals surface area contributed by atoms with Gasteiger partial charge in [0.2, 0.25) is 5.96 Å². The molecule has 5 nitrogen and oxygen atoms in total. The van der Waals surface area contributed by atoms with Crippen molar-refractivity contribution in [3.8, 4) is 0 Å². The number of hydrogen-bond acceptors (Lipinski definition) is 3. The smallest absolute Gasteiger partial charge is 0.266 e. The van der Waals surface area contributed by atoms with Gasteiger partial charge < -0.3 is 5.32 Å². The second-order valence-corrected chi connectivity index (χ2v) is 7.92. The zero-order chi connectivity index (χ0) is 15.1. The number of benzene rings is 1. The van der Waals surface area contributed by atoms with E-state index in [1.54, 1.807) is 12.1 Å². The van der Waals surface area contributed by atoms with Crippen molar-refractivity contribution < 1.29 is 8.42 Å². The Morgan fingerprint density at radius 3 is 2.40 bits per heavy atom. The first-order valence-corrected chi connectivity index (χ1v) is 8.10. The number of guanidine groups is 1. The molecule has 0 unspecified atom stereocenters. The van der Waals surface area contributed by atoms with Gasteiger partial charge in [0.1, 0.15) is 4.90 Å². The van der Waals surface area contributed by atoms with Crippen LogP contribution in [0.1, 0.15) is 46.1 Å². The summed E-state index contributed by atoms with van der Waals surface area (Å²) < 4.78 is 27.1. The van der Waals surface area contributed by atoms with Crippen LogP contribution in [-0.2, 0) is 10.0 Å². The second-order valence-electron chi connectivity index (χ2n) is 6.27. The van der Waals surface area contributed by atoms with E-state index in [0.717, 1.165) is 5.56 Å². The van der Waals surface area contributed by atoms with Crippen LogP contribution in [0, 0.1) is 0 Å². The van der Waals surface area contributed by atoms with Gasteiger partial charge in [-0.15, -0.1) is 0 Å². The molecule has 1 aliphatic rings. The number of anilines is 1. The van der Waals surface area contributed by atoms with Crippen molar-refractivity contribution in [1.29, 1.82) is 0 Å². The fraction of sp³-hybridized carbons (Fsp3) is 0.500. The highest BCUT2D eigenvalue weighted by molar-refractivity contribution is 7.90. The standard InChI is InChI=1S/C14H21N3O2S/c1-9(2)10-6-7-11-12(8-10)20(18,19)17-13(15-11)16-14(3,4)5/h6-9H,1-5H3,(H2,15,16,17). The van der Waals surface area contributed by atoms with E-state index in [0.29, 0.717) is 5.69 Å². The minimum atomic E-state index is -3.56. The van der Waals surface area contributed by atoms with E-state index in [-0.39, 0.29) is 22.3 Å². The minimum absolute atomic E-state index is 0.266. The van der Waals surface area contributed by atoms with Crippen LogP contribution in [0.4, 0.5) is 5.69 Å². The van der Waals surface area contributed by atoms with Gasteiger partial charge in [-0.25, -0.2) is 18.1 Å². The zero-order valence-electron chi connectivity index (χ0n) is 12.5. The minimum Gasteiger partial charge on any atom is -0.324 e. The Labute approximate surface area is 120 Å². The second kappa shape index (κ2) is 4.77. The highest BCUT2D eigenvalue weighted by atomic mass is 32.2. The number of hydrogen-bond donors (Lipinski definition) is 2. The summed E-state index contributed by atoms with van der Waals surface area (Å²) in [5.74, 6) is 0.544. The van der Waals surface area contributed by atoms with Crippen LogP contribution in [-0.4, -0.2) is 19.9 Å². The van der Waals surface area contributed by atoms with Gasteiger partial charge in [-0.05, 0) is 44.4 Å². The molecular formula is C14H21N3O2S. The van der Waals surface area contributed by atoms with Crippen molar-refractivity contribution >= 4 is 21.7 Å². The molecule has 0 spiro atoms. The lowest BCUT2D eigenvalue weighted by Gasteiger charge is -2.25. The van der Waals surface area contributed by atoms with E-state index in [1.807, 2.05) is 40.7 Å². The molecule has 1 aliphatic heterocycles. The molecule has 1 aromatic rings. The Morgan fingerprint density at radius 1 is 1.20 bits per heavy atom.